The number of carbonyl (C=O) groups is 1. The van der Waals surface area contributed by atoms with Crippen LogP contribution in [0.4, 0.5) is 0 Å². The Bertz CT molecular complexity index is 1240. The summed E-state index contributed by atoms with van der Waals surface area (Å²) in [6.45, 7) is 5.80. The summed E-state index contributed by atoms with van der Waals surface area (Å²) in [5.74, 6) is 0.844. The predicted octanol–water partition coefficient (Wildman–Crippen LogP) is 4.73. The Hall–Kier alpha value is -3.58. The van der Waals surface area contributed by atoms with Crippen molar-refractivity contribution in [2.45, 2.75) is 13.5 Å². The Balaban J connectivity index is 1.96. The lowest BCUT2D eigenvalue weighted by Crippen LogP contribution is -2.27. The third kappa shape index (κ3) is 5.66. The summed E-state index contributed by atoms with van der Waals surface area (Å²) in [5, 5.41) is 1.35. The molecule has 3 rings (SSSR count). The standard InChI is InChI=1S/C26H29ClN4O3/c1-7-9-22(30(3)4)19-12-17(2)29-26-18(19)10-8-11-23(26)33-15-20-21(27)13-28-14-24(20)34-16-25(32)31(5)6/h7-14H,1,15-16H2,2-6H3/b22-9-. The first-order chi connectivity index (χ1) is 16.2. The molecule has 0 saturated carbocycles. The highest BCUT2D eigenvalue weighted by Gasteiger charge is 2.16. The van der Waals surface area contributed by atoms with Crippen LogP contribution >= 0.6 is 11.6 Å². The Morgan fingerprint density at radius 3 is 2.56 bits per heavy atom. The van der Waals surface area contributed by atoms with Crippen molar-refractivity contribution in [1.82, 2.24) is 19.8 Å². The summed E-state index contributed by atoms with van der Waals surface area (Å²) < 4.78 is 11.9. The number of benzene rings is 1. The fourth-order valence-electron chi connectivity index (χ4n) is 3.40. The van der Waals surface area contributed by atoms with Gasteiger partial charge in [-0.05, 0) is 25.1 Å². The van der Waals surface area contributed by atoms with Gasteiger partial charge in [0, 0.05) is 56.7 Å². The number of aromatic nitrogens is 2. The topological polar surface area (TPSA) is 67.8 Å². The summed E-state index contributed by atoms with van der Waals surface area (Å²) in [6, 6.07) is 7.87. The number of rotatable bonds is 9. The maximum atomic E-state index is 11.9. The van der Waals surface area contributed by atoms with E-state index in [1.54, 1.807) is 20.2 Å². The van der Waals surface area contributed by atoms with Gasteiger partial charge >= 0.3 is 0 Å². The molecule has 0 aliphatic rings. The van der Waals surface area contributed by atoms with Crippen molar-refractivity contribution in [3.8, 4) is 11.5 Å². The Kier molecular flexibility index (Phi) is 8.12. The smallest absolute Gasteiger partial charge is 0.259 e. The average molecular weight is 481 g/mol. The molecule has 0 radical (unpaired) electrons. The third-order valence-corrected chi connectivity index (χ3v) is 5.48. The van der Waals surface area contributed by atoms with Gasteiger partial charge in [0.2, 0.25) is 0 Å². The van der Waals surface area contributed by atoms with E-state index >= 15 is 0 Å². The number of fused-ring (bicyclic) bond motifs is 1. The Morgan fingerprint density at radius 2 is 1.88 bits per heavy atom. The first-order valence-electron chi connectivity index (χ1n) is 10.7. The highest BCUT2D eigenvalue weighted by atomic mass is 35.5. The maximum absolute atomic E-state index is 11.9. The lowest BCUT2D eigenvalue weighted by Gasteiger charge is -2.20. The highest BCUT2D eigenvalue weighted by Crippen LogP contribution is 2.33. The van der Waals surface area contributed by atoms with E-state index in [4.69, 9.17) is 26.1 Å². The van der Waals surface area contributed by atoms with Crippen LogP contribution in [0.15, 0.2) is 55.4 Å². The van der Waals surface area contributed by atoms with Crippen molar-refractivity contribution in [3.63, 3.8) is 0 Å². The lowest BCUT2D eigenvalue weighted by molar-refractivity contribution is -0.130. The number of likely N-dealkylation sites (N-methyl/N-ethyl adjacent to an activating group) is 1. The molecule has 0 aliphatic heterocycles. The van der Waals surface area contributed by atoms with Gasteiger partial charge in [0.1, 0.15) is 23.6 Å². The molecule has 0 fully saturated rings. The van der Waals surface area contributed by atoms with Gasteiger partial charge in [-0.1, -0.05) is 36.4 Å². The number of amides is 1. The molecule has 2 aromatic heterocycles. The van der Waals surface area contributed by atoms with Gasteiger partial charge in [-0.3, -0.25) is 9.78 Å². The number of carbonyl (C=O) groups excluding carboxylic acids is 1. The largest absolute Gasteiger partial charge is 0.486 e. The van der Waals surface area contributed by atoms with E-state index in [1.807, 2.05) is 50.2 Å². The molecule has 0 bridgehead atoms. The number of halogens is 1. The molecule has 1 amide bonds. The quantitative estimate of drug-likeness (QED) is 0.412. The van der Waals surface area contributed by atoms with Crippen molar-refractivity contribution in [1.29, 1.82) is 0 Å². The van der Waals surface area contributed by atoms with E-state index in [0.29, 0.717) is 22.1 Å². The number of aryl methyl sites for hydroxylation is 1. The number of ether oxygens (including phenoxy) is 2. The van der Waals surface area contributed by atoms with E-state index in [-0.39, 0.29) is 19.1 Å². The van der Waals surface area contributed by atoms with Gasteiger partial charge in [0.25, 0.3) is 5.91 Å². The Labute approximate surface area is 205 Å². The molecule has 178 valence electrons. The summed E-state index contributed by atoms with van der Waals surface area (Å²) in [4.78, 5) is 24.3. The van der Waals surface area contributed by atoms with Crippen LogP contribution in [0.2, 0.25) is 5.02 Å². The van der Waals surface area contributed by atoms with Gasteiger partial charge in [-0.15, -0.1) is 0 Å². The van der Waals surface area contributed by atoms with E-state index in [2.05, 4.69) is 17.6 Å². The molecule has 8 heteroatoms. The fourth-order valence-corrected chi connectivity index (χ4v) is 3.60. The maximum Gasteiger partial charge on any atom is 0.259 e. The summed E-state index contributed by atoms with van der Waals surface area (Å²) in [5.41, 5.74) is 4.26. The molecule has 0 atom stereocenters. The van der Waals surface area contributed by atoms with E-state index < -0.39 is 0 Å². The number of nitrogens with zero attached hydrogens (tertiary/aromatic N) is 4. The minimum Gasteiger partial charge on any atom is -0.486 e. The van der Waals surface area contributed by atoms with E-state index in [1.165, 1.54) is 17.3 Å². The average Bonchev–Trinajstić information content (AvgIpc) is 2.79. The first-order valence-corrected chi connectivity index (χ1v) is 11.1. The number of allylic oxidation sites excluding steroid dienone is 2. The van der Waals surface area contributed by atoms with Crippen molar-refractivity contribution >= 4 is 34.1 Å². The van der Waals surface area contributed by atoms with Crippen LogP contribution < -0.4 is 9.47 Å². The second kappa shape index (κ2) is 11.0. The molecule has 0 N–H and O–H groups in total. The predicted molar refractivity (Wildman–Crippen MR) is 136 cm³/mol. The Morgan fingerprint density at radius 1 is 1.12 bits per heavy atom. The van der Waals surface area contributed by atoms with Crippen LogP contribution in [0.5, 0.6) is 11.5 Å². The monoisotopic (exact) mass is 480 g/mol. The van der Waals surface area contributed by atoms with Crippen molar-refractivity contribution in [3.05, 3.63) is 77.2 Å². The summed E-state index contributed by atoms with van der Waals surface area (Å²) in [6.07, 6.45) is 6.79. The fraction of sp³-hybridized carbons (Fsp3) is 0.269. The SMILES string of the molecule is C=C/C=C(/c1cc(C)nc2c(OCc3c(Cl)cncc3OCC(=O)N(C)C)cccc12)N(C)C. The second-order valence-corrected chi connectivity index (χ2v) is 8.52. The molecule has 3 aromatic rings. The lowest BCUT2D eigenvalue weighted by atomic mass is 10.0. The normalized spacial score (nSPS) is 11.3. The van der Waals surface area contributed by atoms with Crippen molar-refractivity contribution < 1.29 is 14.3 Å². The molecule has 0 aliphatic carbocycles. The van der Waals surface area contributed by atoms with Gasteiger partial charge in [-0.2, -0.15) is 0 Å². The molecule has 0 saturated heterocycles. The van der Waals surface area contributed by atoms with Crippen molar-refractivity contribution in [2.75, 3.05) is 34.8 Å². The minimum atomic E-state index is -0.169. The number of para-hydroxylation sites is 1. The first kappa shape index (κ1) is 25.1. The van der Waals surface area contributed by atoms with Gasteiger partial charge in [0.15, 0.2) is 6.61 Å². The molecule has 2 heterocycles. The zero-order valence-corrected chi connectivity index (χ0v) is 20.9. The second-order valence-electron chi connectivity index (χ2n) is 8.11. The van der Waals surface area contributed by atoms with Crippen LogP contribution in [0.1, 0.15) is 16.8 Å². The van der Waals surface area contributed by atoms with E-state index in [0.717, 1.165) is 27.9 Å². The summed E-state index contributed by atoms with van der Waals surface area (Å²) in [7, 11) is 7.32. The molecule has 0 spiro atoms. The minimum absolute atomic E-state index is 0.122. The number of hydrogen-bond acceptors (Lipinski definition) is 6. The molecular weight excluding hydrogens is 452 g/mol. The van der Waals surface area contributed by atoms with Gasteiger partial charge in [-0.25, -0.2) is 4.98 Å². The third-order valence-electron chi connectivity index (χ3n) is 5.15. The van der Waals surface area contributed by atoms with Crippen LogP contribution in [-0.4, -0.2) is 60.5 Å². The zero-order chi connectivity index (χ0) is 24.8. The van der Waals surface area contributed by atoms with Crippen LogP contribution in [0.3, 0.4) is 0 Å². The summed E-state index contributed by atoms with van der Waals surface area (Å²) >= 11 is 6.40. The van der Waals surface area contributed by atoms with Crippen LogP contribution in [0, 0.1) is 6.92 Å². The number of hydrogen-bond donors (Lipinski definition) is 0. The van der Waals surface area contributed by atoms with Crippen molar-refractivity contribution in [2.24, 2.45) is 0 Å². The van der Waals surface area contributed by atoms with Crippen LogP contribution in [0.25, 0.3) is 16.6 Å². The van der Waals surface area contributed by atoms with E-state index in [9.17, 15) is 4.79 Å². The number of pyridine rings is 2. The van der Waals surface area contributed by atoms with Crippen LogP contribution in [-0.2, 0) is 11.4 Å². The molecular formula is C26H29ClN4O3. The zero-order valence-electron chi connectivity index (χ0n) is 20.1. The van der Waals surface area contributed by atoms with Gasteiger partial charge in [0.05, 0.1) is 16.8 Å². The molecule has 34 heavy (non-hydrogen) atoms. The molecule has 7 nitrogen and oxygen atoms in total. The highest BCUT2D eigenvalue weighted by molar-refractivity contribution is 6.31. The molecule has 1 aromatic carbocycles. The van der Waals surface area contributed by atoms with Gasteiger partial charge < -0.3 is 19.3 Å². The molecule has 0 unspecified atom stereocenters.